The molecule has 0 unspecified atom stereocenters. The molecule has 1 aromatic heterocycles. The zero-order valence-electron chi connectivity index (χ0n) is 10.4. The number of fused-ring (bicyclic) bond motifs is 1. The van der Waals surface area contributed by atoms with Gasteiger partial charge in [-0.3, -0.25) is 4.79 Å². The van der Waals surface area contributed by atoms with Crippen LogP contribution in [0.15, 0.2) is 24.3 Å². The van der Waals surface area contributed by atoms with E-state index in [9.17, 15) is 4.79 Å². The van der Waals surface area contributed by atoms with Crippen molar-refractivity contribution in [1.82, 2.24) is 9.88 Å². The third kappa shape index (κ3) is 1.74. The smallest absolute Gasteiger partial charge is 0.270 e. The van der Waals surface area contributed by atoms with Crippen molar-refractivity contribution in [2.45, 2.75) is 12.8 Å². The molecule has 1 aliphatic rings. The number of hydrogen-bond acceptors (Lipinski definition) is 2. The molecule has 2 aromatic rings. The van der Waals surface area contributed by atoms with Gasteiger partial charge in [0, 0.05) is 24.0 Å². The molecule has 4 nitrogen and oxygen atoms in total. The number of benzene rings is 1. The second-order valence-electron chi connectivity index (χ2n) is 4.60. The van der Waals surface area contributed by atoms with Gasteiger partial charge in [-0.1, -0.05) is 6.07 Å². The SMILES string of the molecule is COc1cccc2[nH]c(C(=O)N3CCCC3)cc12. The molecule has 1 amide bonds. The number of rotatable bonds is 2. The second-order valence-corrected chi connectivity index (χ2v) is 4.60. The third-order valence-electron chi connectivity index (χ3n) is 3.47. The van der Waals surface area contributed by atoms with Crippen molar-refractivity contribution in [1.29, 1.82) is 0 Å². The Morgan fingerprint density at radius 1 is 1.33 bits per heavy atom. The van der Waals surface area contributed by atoms with Gasteiger partial charge in [-0.15, -0.1) is 0 Å². The number of nitrogens with zero attached hydrogens (tertiary/aromatic N) is 1. The second kappa shape index (κ2) is 4.37. The Labute approximate surface area is 106 Å². The van der Waals surface area contributed by atoms with E-state index in [-0.39, 0.29) is 5.91 Å². The number of hydrogen-bond donors (Lipinski definition) is 1. The number of methoxy groups -OCH3 is 1. The van der Waals surface area contributed by atoms with Gasteiger partial charge in [-0.2, -0.15) is 0 Å². The van der Waals surface area contributed by atoms with E-state index in [0.29, 0.717) is 5.69 Å². The Balaban J connectivity index is 2.00. The van der Waals surface area contributed by atoms with Gasteiger partial charge in [0.2, 0.25) is 0 Å². The molecule has 4 heteroatoms. The molecular formula is C14H16N2O2. The van der Waals surface area contributed by atoms with Crippen LogP contribution in [0.4, 0.5) is 0 Å². The molecule has 0 atom stereocenters. The predicted molar refractivity (Wildman–Crippen MR) is 70.0 cm³/mol. The van der Waals surface area contributed by atoms with Crippen molar-refractivity contribution < 1.29 is 9.53 Å². The fraction of sp³-hybridized carbons (Fsp3) is 0.357. The lowest BCUT2D eigenvalue weighted by Crippen LogP contribution is -2.27. The maximum absolute atomic E-state index is 12.3. The van der Waals surface area contributed by atoms with Gasteiger partial charge in [0.1, 0.15) is 11.4 Å². The zero-order chi connectivity index (χ0) is 12.5. The first-order valence-electron chi connectivity index (χ1n) is 6.24. The van der Waals surface area contributed by atoms with Gasteiger partial charge < -0.3 is 14.6 Å². The van der Waals surface area contributed by atoms with E-state index in [0.717, 1.165) is 42.6 Å². The topological polar surface area (TPSA) is 45.3 Å². The summed E-state index contributed by atoms with van der Waals surface area (Å²) in [7, 11) is 1.64. The van der Waals surface area contributed by atoms with Gasteiger partial charge in [0.05, 0.1) is 7.11 Å². The van der Waals surface area contributed by atoms with Crippen LogP contribution < -0.4 is 4.74 Å². The Hall–Kier alpha value is -1.97. The number of ether oxygens (including phenoxy) is 1. The summed E-state index contributed by atoms with van der Waals surface area (Å²) >= 11 is 0. The summed E-state index contributed by atoms with van der Waals surface area (Å²) in [4.78, 5) is 17.3. The van der Waals surface area contributed by atoms with Crippen LogP contribution in [-0.4, -0.2) is 36.0 Å². The van der Waals surface area contributed by atoms with Crippen LogP contribution in [0.2, 0.25) is 0 Å². The van der Waals surface area contributed by atoms with Gasteiger partial charge in [0.15, 0.2) is 0 Å². The summed E-state index contributed by atoms with van der Waals surface area (Å²) in [5.41, 5.74) is 1.59. The molecular weight excluding hydrogens is 228 g/mol. The summed E-state index contributed by atoms with van der Waals surface area (Å²) in [6, 6.07) is 7.66. The summed E-state index contributed by atoms with van der Waals surface area (Å²) in [5.74, 6) is 0.884. The number of likely N-dealkylation sites (tertiary alicyclic amines) is 1. The molecule has 94 valence electrons. The Morgan fingerprint density at radius 3 is 2.83 bits per heavy atom. The molecule has 1 saturated heterocycles. The molecule has 3 rings (SSSR count). The summed E-state index contributed by atoms with van der Waals surface area (Å²) in [6.45, 7) is 1.73. The van der Waals surface area contributed by atoms with E-state index >= 15 is 0 Å². The van der Waals surface area contributed by atoms with Crippen LogP contribution in [0, 0.1) is 0 Å². The molecule has 0 aliphatic carbocycles. The number of H-pyrrole nitrogens is 1. The minimum atomic E-state index is 0.0887. The van der Waals surface area contributed by atoms with E-state index in [1.54, 1.807) is 7.11 Å². The number of carbonyl (C=O) groups excluding carboxylic acids is 1. The monoisotopic (exact) mass is 244 g/mol. The molecule has 1 fully saturated rings. The first kappa shape index (κ1) is 11.1. The van der Waals surface area contributed by atoms with Crippen molar-refractivity contribution in [2.75, 3.05) is 20.2 Å². The number of amides is 1. The Kier molecular flexibility index (Phi) is 2.70. The average Bonchev–Trinajstić information content (AvgIpc) is 3.05. The maximum atomic E-state index is 12.3. The largest absolute Gasteiger partial charge is 0.496 e. The minimum Gasteiger partial charge on any atom is -0.496 e. The van der Waals surface area contributed by atoms with E-state index < -0.39 is 0 Å². The highest BCUT2D eigenvalue weighted by Gasteiger charge is 2.21. The van der Waals surface area contributed by atoms with Crippen molar-refractivity contribution in [3.8, 4) is 5.75 Å². The molecule has 0 bridgehead atoms. The molecule has 0 spiro atoms. The van der Waals surface area contributed by atoms with Gasteiger partial charge in [0.25, 0.3) is 5.91 Å². The first-order chi connectivity index (χ1) is 8.79. The fourth-order valence-corrected chi connectivity index (χ4v) is 2.51. The lowest BCUT2D eigenvalue weighted by atomic mass is 10.2. The van der Waals surface area contributed by atoms with Gasteiger partial charge in [-0.05, 0) is 31.0 Å². The van der Waals surface area contributed by atoms with Crippen LogP contribution in [0.1, 0.15) is 23.3 Å². The Bertz CT molecular complexity index is 582. The number of carbonyl (C=O) groups is 1. The minimum absolute atomic E-state index is 0.0887. The lowest BCUT2D eigenvalue weighted by Gasteiger charge is -2.13. The van der Waals surface area contributed by atoms with Crippen LogP contribution in [0.5, 0.6) is 5.75 Å². The van der Waals surface area contributed by atoms with E-state index in [1.165, 1.54) is 0 Å². The average molecular weight is 244 g/mol. The van der Waals surface area contributed by atoms with E-state index in [1.807, 2.05) is 29.2 Å². The van der Waals surface area contributed by atoms with Crippen LogP contribution in [0.25, 0.3) is 10.9 Å². The molecule has 18 heavy (non-hydrogen) atoms. The summed E-state index contributed by atoms with van der Waals surface area (Å²) < 4.78 is 5.30. The van der Waals surface area contributed by atoms with Gasteiger partial charge >= 0.3 is 0 Å². The molecule has 1 aliphatic heterocycles. The van der Waals surface area contributed by atoms with Gasteiger partial charge in [-0.25, -0.2) is 0 Å². The molecule has 1 N–H and O–H groups in total. The quantitative estimate of drug-likeness (QED) is 0.881. The zero-order valence-corrected chi connectivity index (χ0v) is 10.4. The van der Waals surface area contributed by atoms with Crippen molar-refractivity contribution in [3.05, 3.63) is 30.0 Å². The molecule has 0 radical (unpaired) electrons. The molecule has 1 aromatic carbocycles. The Morgan fingerprint density at radius 2 is 2.11 bits per heavy atom. The van der Waals surface area contributed by atoms with Crippen LogP contribution >= 0.6 is 0 Å². The van der Waals surface area contributed by atoms with Crippen molar-refractivity contribution in [2.24, 2.45) is 0 Å². The summed E-state index contributed by atoms with van der Waals surface area (Å²) in [5, 5.41) is 0.961. The number of nitrogens with one attached hydrogen (secondary N) is 1. The maximum Gasteiger partial charge on any atom is 0.270 e. The highest BCUT2D eigenvalue weighted by atomic mass is 16.5. The lowest BCUT2D eigenvalue weighted by molar-refractivity contribution is 0.0788. The number of aromatic amines is 1. The normalized spacial score (nSPS) is 15.3. The summed E-state index contributed by atoms with van der Waals surface area (Å²) in [6.07, 6.45) is 2.21. The standard InChI is InChI=1S/C14H16N2O2/c1-18-13-6-4-5-11-10(13)9-12(15-11)14(17)16-7-2-3-8-16/h4-6,9,15H,2-3,7-8H2,1H3. The van der Waals surface area contributed by atoms with Crippen LogP contribution in [-0.2, 0) is 0 Å². The molecule has 0 saturated carbocycles. The van der Waals surface area contributed by atoms with Crippen molar-refractivity contribution in [3.63, 3.8) is 0 Å². The molecule has 2 heterocycles. The first-order valence-corrected chi connectivity index (χ1v) is 6.24. The van der Waals surface area contributed by atoms with E-state index in [4.69, 9.17) is 4.74 Å². The highest BCUT2D eigenvalue weighted by molar-refractivity contribution is 5.99. The van der Waals surface area contributed by atoms with E-state index in [2.05, 4.69) is 4.98 Å². The van der Waals surface area contributed by atoms with Crippen molar-refractivity contribution >= 4 is 16.8 Å². The van der Waals surface area contributed by atoms with Crippen LogP contribution in [0.3, 0.4) is 0 Å². The third-order valence-corrected chi connectivity index (χ3v) is 3.47. The predicted octanol–water partition coefficient (Wildman–Crippen LogP) is 2.41. The highest BCUT2D eigenvalue weighted by Crippen LogP contribution is 2.26. The number of aromatic nitrogens is 1. The fourth-order valence-electron chi connectivity index (χ4n) is 2.51.